The van der Waals surface area contributed by atoms with Gasteiger partial charge in [-0.15, -0.1) is 0 Å². The lowest BCUT2D eigenvalue weighted by molar-refractivity contribution is 0.173. The molecule has 6 rings (SSSR count). The van der Waals surface area contributed by atoms with E-state index in [-0.39, 0.29) is 18.1 Å². The summed E-state index contributed by atoms with van der Waals surface area (Å²) >= 11 is 0. The van der Waals surface area contributed by atoms with Crippen LogP contribution in [0.1, 0.15) is 43.6 Å². The van der Waals surface area contributed by atoms with Crippen LogP contribution in [-0.2, 0) is 0 Å². The lowest BCUT2D eigenvalue weighted by atomic mass is 9.80. The van der Waals surface area contributed by atoms with Crippen molar-refractivity contribution in [2.24, 2.45) is 0 Å². The summed E-state index contributed by atoms with van der Waals surface area (Å²) in [4.78, 5) is 0. The van der Waals surface area contributed by atoms with Crippen LogP contribution in [0.25, 0.3) is 16.7 Å². The molecular formula is C26H21F2NO3. The van der Waals surface area contributed by atoms with Gasteiger partial charge in [-0.1, -0.05) is 18.2 Å². The van der Waals surface area contributed by atoms with Gasteiger partial charge in [-0.05, 0) is 56.2 Å². The van der Waals surface area contributed by atoms with Gasteiger partial charge < -0.3 is 19.5 Å². The predicted octanol–water partition coefficient (Wildman–Crippen LogP) is 6.45. The van der Waals surface area contributed by atoms with Crippen LogP contribution in [0, 0.1) is 11.6 Å². The molecule has 1 N–H and O–H groups in total. The smallest absolute Gasteiger partial charge is 0.231 e. The minimum Gasteiger partial charge on any atom is -0.477 e. The summed E-state index contributed by atoms with van der Waals surface area (Å²) in [5.41, 5.74) is 5.64. The van der Waals surface area contributed by atoms with E-state index in [1.165, 1.54) is 6.07 Å². The van der Waals surface area contributed by atoms with E-state index in [9.17, 15) is 8.78 Å². The first-order chi connectivity index (χ1) is 15.3. The molecule has 0 aromatic heterocycles. The van der Waals surface area contributed by atoms with Crippen molar-refractivity contribution in [2.45, 2.75) is 32.4 Å². The Bertz CT molecular complexity index is 1330. The molecule has 0 saturated carbocycles. The molecule has 4 nitrogen and oxygen atoms in total. The summed E-state index contributed by atoms with van der Waals surface area (Å²) in [7, 11) is 0. The fourth-order valence-electron chi connectivity index (χ4n) is 5.02. The quantitative estimate of drug-likeness (QED) is 0.479. The standard InChI is InChI=1S/C26H21F2NO3/c1-13-11-26(2,3)29-19-6-5-16-17-9-15(27)10-18(28)25(17)32-24(23(16)22(13)19)14-4-7-20-21(8-14)31-12-30-20/h4-11,24,29H,12H2,1-3H3. The van der Waals surface area contributed by atoms with Gasteiger partial charge in [0.25, 0.3) is 0 Å². The third-order valence-corrected chi connectivity index (χ3v) is 6.17. The number of fused-ring (bicyclic) bond motifs is 6. The highest BCUT2D eigenvalue weighted by molar-refractivity contribution is 5.90. The van der Waals surface area contributed by atoms with E-state index in [0.717, 1.165) is 39.6 Å². The van der Waals surface area contributed by atoms with Crippen molar-refractivity contribution in [3.8, 4) is 28.4 Å². The van der Waals surface area contributed by atoms with Gasteiger partial charge in [0.1, 0.15) is 5.82 Å². The first-order valence-electron chi connectivity index (χ1n) is 10.5. The number of halogens is 2. The molecule has 3 aromatic carbocycles. The van der Waals surface area contributed by atoms with Crippen molar-refractivity contribution in [1.29, 1.82) is 0 Å². The second-order valence-electron chi connectivity index (χ2n) is 9.00. The van der Waals surface area contributed by atoms with E-state index in [2.05, 4.69) is 32.2 Å². The Hall–Kier alpha value is -3.54. The highest BCUT2D eigenvalue weighted by atomic mass is 19.1. The third kappa shape index (κ3) is 2.79. The zero-order valence-electron chi connectivity index (χ0n) is 17.9. The Morgan fingerprint density at radius 1 is 0.969 bits per heavy atom. The monoisotopic (exact) mass is 433 g/mol. The number of allylic oxidation sites excluding steroid dienone is 1. The lowest BCUT2D eigenvalue weighted by Gasteiger charge is -2.37. The van der Waals surface area contributed by atoms with Crippen LogP contribution in [0.3, 0.4) is 0 Å². The molecule has 0 radical (unpaired) electrons. The summed E-state index contributed by atoms with van der Waals surface area (Å²) < 4.78 is 46.3. The topological polar surface area (TPSA) is 39.7 Å². The molecule has 1 atom stereocenters. The Morgan fingerprint density at radius 3 is 2.62 bits per heavy atom. The molecule has 0 fully saturated rings. The first-order valence-corrected chi connectivity index (χ1v) is 10.5. The normalized spacial score (nSPS) is 19.2. The molecule has 3 heterocycles. The van der Waals surface area contributed by atoms with E-state index in [0.29, 0.717) is 17.1 Å². The molecule has 3 aromatic rings. The molecule has 0 saturated heterocycles. The van der Waals surface area contributed by atoms with Crippen molar-refractivity contribution in [3.05, 3.63) is 76.9 Å². The second-order valence-corrected chi connectivity index (χ2v) is 9.00. The first kappa shape index (κ1) is 19.2. The van der Waals surface area contributed by atoms with E-state index < -0.39 is 17.7 Å². The van der Waals surface area contributed by atoms with Crippen molar-refractivity contribution in [1.82, 2.24) is 0 Å². The molecule has 3 aliphatic rings. The summed E-state index contributed by atoms with van der Waals surface area (Å²) in [6, 6.07) is 11.7. The van der Waals surface area contributed by atoms with Crippen molar-refractivity contribution in [2.75, 3.05) is 12.1 Å². The fourth-order valence-corrected chi connectivity index (χ4v) is 5.02. The summed E-state index contributed by atoms with van der Waals surface area (Å²) in [6.45, 7) is 6.42. The van der Waals surface area contributed by atoms with Crippen LogP contribution in [0.15, 0.2) is 48.5 Å². The summed E-state index contributed by atoms with van der Waals surface area (Å²) in [5, 5.41) is 3.55. The average Bonchev–Trinajstić information content (AvgIpc) is 3.19. The molecule has 32 heavy (non-hydrogen) atoms. The average molecular weight is 433 g/mol. The molecule has 0 aliphatic carbocycles. The number of anilines is 1. The van der Waals surface area contributed by atoms with Gasteiger partial charge in [0.05, 0.1) is 5.54 Å². The van der Waals surface area contributed by atoms with E-state index in [4.69, 9.17) is 14.2 Å². The number of nitrogens with one attached hydrogen (secondary N) is 1. The highest BCUT2D eigenvalue weighted by Crippen LogP contribution is 2.52. The van der Waals surface area contributed by atoms with Gasteiger partial charge in [0.2, 0.25) is 6.79 Å². The molecule has 162 valence electrons. The molecule has 0 amide bonds. The van der Waals surface area contributed by atoms with Crippen LogP contribution in [0.2, 0.25) is 0 Å². The van der Waals surface area contributed by atoms with E-state index in [1.54, 1.807) is 0 Å². The number of benzene rings is 3. The van der Waals surface area contributed by atoms with Crippen LogP contribution >= 0.6 is 0 Å². The molecule has 0 spiro atoms. The Labute approximate surface area is 184 Å². The van der Waals surface area contributed by atoms with Crippen LogP contribution in [-0.4, -0.2) is 12.3 Å². The van der Waals surface area contributed by atoms with Gasteiger partial charge in [0.15, 0.2) is 29.2 Å². The highest BCUT2D eigenvalue weighted by Gasteiger charge is 2.36. The summed E-state index contributed by atoms with van der Waals surface area (Å²) in [6.07, 6.45) is 1.56. The number of ether oxygens (including phenoxy) is 3. The Kier molecular flexibility index (Phi) is 3.88. The molecule has 1 unspecified atom stereocenters. The maximum Gasteiger partial charge on any atom is 0.231 e. The fraction of sp³-hybridized carbons (Fsp3) is 0.231. The Balaban J connectivity index is 1.64. The van der Waals surface area contributed by atoms with Crippen molar-refractivity contribution >= 4 is 11.3 Å². The Morgan fingerprint density at radius 2 is 1.78 bits per heavy atom. The lowest BCUT2D eigenvalue weighted by Crippen LogP contribution is -2.32. The number of hydrogen-bond donors (Lipinski definition) is 1. The largest absolute Gasteiger partial charge is 0.477 e. The minimum absolute atomic E-state index is 0.0484. The SMILES string of the molecule is CC1=CC(C)(C)Nc2ccc3c(c21)C(c1ccc2c(c1)OCO2)Oc1c(F)cc(F)cc1-3. The van der Waals surface area contributed by atoms with E-state index in [1.807, 2.05) is 30.3 Å². The van der Waals surface area contributed by atoms with Gasteiger partial charge >= 0.3 is 0 Å². The predicted molar refractivity (Wildman–Crippen MR) is 118 cm³/mol. The van der Waals surface area contributed by atoms with Crippen LogP contribution in [0.5, 0.6) is 17.2 Å². The molecule has 0 bridgehead atoms. The molecule has 6 heteroatoms. The van der Waals surface area contributed by atoms with Crippen LogP contribution in [0.4, 0.5) is 14.5 Å². The van der Waals surface area contributed by atoms with E-state index >= 15 is 0 Å². The van der Waals surface area contributed by atoms with Crippen molar-refractivity contribution in [3.63, 3.8) is 0 Å². The zero-order valence-corrected chi connectivity index (χ0v) is 17.9. The molecular weight excluding hydrogens is 412 g/mol. The second kappa shape index (κ2) is 6.48. The van der Waals surface area contributed by atoms with Gasteiger partial charge in [-0.25, -0.2) is 8.78 Å². The summed E-state index contributed by atoms with van der Waals surface area (Å²) in [5.74, 6) is -0.0307. The van der Waals surface area contributed by atoms with Gasteiger partial charge in [0, 0.05) is 34.0 Å². The number of rotatable bonds is 1. The van der Waals surface area contributed by atoms with Crippen molar-refractivity contribution < 1.29 is 23.0 Å². The minimum atomic E-state index is -0.722. The van der Waals surface area contributed by atoms with Gasteiger partial charge in [-0.2, -0.15) is 0 Å². The van der Waals surface area contributed by atoms with Crippen LogP contribution < -0.4 is 19.5 Å². The molecule has 3 aliphatic heterocycles. The zero-order chi connectivity index (χ0) is 22.2. The van der Waals surface area contributed by atoms with Gasteiger partial charge in [-0.3, -0.25) is 0 Å². The number of hydrogen-bond acceptors (Lipinski definition) is 4. The maximum atomic E-state index is 14.8. The maximum absolute atomic E-state index is 14.8. The third-order valence-electron chi connectivity index (χ3n) is 6.17.